The number of halogens is 2. The molecule has 2 aromatic carbocycles. The van der Waals surface area contributed by atoms with Gasteiger partial charge in [-0.05, 0) is 49.4 Å². The highest BCUT2D eigenvalue weighted by molar-refractivity contribution is 5.64. The number of nitrogens with one attached hydrogen (secondary N) is 1. The molecule has 0 unspecified atom stereocenters. The van der Waals surface area contributed by atoms with Crippen LogP contribution in [0.2, 0.25) is 0 Å². The Balaban J connectivity index is 2.30. The second-order valence-electron chi connectivity index (χ2n) is 4.79. The highest BCUT2D eigenvalue weighted by Crippen LogP contribution is 2.28. The zero-order valence-corrected chi connectivity index (χ0v) is 12.4. The summed E-state index contributed by atoms with van der Waals surface area (Å²) in [5.41, 5.74) is 2.01. The number of hydrogen-bond donors (Lipinski definition) is 1. The third-order valence-electron chi connectivity index (χ3n) is 3.32. The fourth-order valence-corrected chi connectivity index (χ4v) is 2.28. The van der Waals surface area contributed by atoms with Crippen LogP contribution in [0.15, 0.2) is 42.5 Å². The van der Waals surface area contributed by atoms with Gasteiger partial charge in [0.1, 0.15) is 11.6 Å². The first-order valence-electron chi connectivity index (χ1n) is 7.18. The maximum atomic E-state index is 14.3. The predicted octanol–water partition coefficient (Wildman–Crippen LogP) is 4.23. The molecule has 0 atom stereocenters. The van der Waals surface area contributed by atoms with Crippen LogP contribution in [0.5, 0.6) is 0 Å². The lowest BCUT2D eigenvalue weighted by Crippen LogP contribution is -2.18. The summed E-state index contributed by atoms with van der Waals surface area (Å²) in [7, 11) is 0. The lowest BCUT2D eigenvalue weighted by Gasteiger charge is -2.24. The summed E-state index contributed by atoms with van der Waals surface area (Å²) in [5, 5.41) is 3.16. The minimum Gasteiger partial charge on any atom is -0.339 e. The van der Waals surface area contributed by atoms with Crippen LogP contribution in [0.1, 0.15) is 19.4 Å². The Morgan fingerprint density at radius 1 is 1.05 bits per heavy atom. The van der Waals surface area contributed by atoms with E-state index in [2.05, 4.69) is 5.32 Å². The quantitative estimate of drug-likeness (QED) is 0.856. The van der Waals surface area contributed by atoms with Gasteiger partial charge in [-0.25, -0.2) is 8.78 Å². The summed E-state index contributed by atoms with van der Waals surface area (Å²) >= 11 is 0. The molecular weight excluding hydrogens is 270 g/mol. The Hall–Kier alpha value is -1.94. The summed E-state index contributed by atoms with van der Waals surface area (Å²) in [4.78, 5) is 1.76. The molecule has 0 saturated heterocycles. The number of benzene rings is 2. The monoisotopic (exact) mass is 290 g/mol. The minimum atomic E-state index is -0.324. The van der Waals surface area contributed by atoms with Crippen LogP contribution in [0.3, 0.4) is 0 Å². The number of rotatable bonds is 6. The van der Waals surface area contributed by atoms with E-state index < -0.39 is 0 Å². The first-order valence-corrected chi connectivity index (χ1v) is 7.18. The number of hydrogen-bond acceptors (Lipinski definition) is 2. The van der Waals surface area contributed by atoms with Crippen molar-refractivity contribution in [3.63, 3.8) is 0 Å². The molecule has 2 rings (SSSR count). The van der Waals surface area contributed by atoms with E-state index in [9.17, 15) is 8.78 Å². The molecule has 0 saturated carbocycles. The van der Waals surface area contributed by atoms with Gasteiger partial charge >= 0.3 is 0 Å². The average molecular weight is 290 g/mol. The summed E-state index contributed by atoms with van der Waals surface area (Å²) in [6.07, 6.45) is 0. The third-order valence-corrected chi connectivity index (χ3v) is 3.32. The molecule has 0 fully saturated rings. The van der Waals surface area contributed by atoms with Crippen molar-refractivity contribution in [2.24, 2.45) is 0 Å². The summed E-state index contributed by atoms with van der Waals surface area (Å²) < 4.78 is 27.7. The van der Waals surface area contributed by atoms with Crippen molar-refractivity contribution < 1.29 is 8.78 Å². The van der Waals surface area contributed by atoms with E-state index in [4.69, 9.17) is 0 Å². The van der Waals surface area contributed by atoms with Crippen molar-refractivity contribution in [2.75, 3.05) is 18.0 Å². The van der Waals surface area contributed by atoms with Crippen LogP contribution < -0.4 is 10.2 Å². The topological polar surface area (TPSA) is 15.3 Å². The smallest absolute Gasteiger partial charge is 0.147 e. The van der Waals surface area contributed by atoms with Gasteiger partial charge in [0.15, 0.2) is 0 Å². The Kier molecular flexibility index (Phi) is 5.28. The predicted molar refractivity (Wildman–Crippen MR) is 82.9 cm³/mol. The summed E-state index contributed by atoms with van der Waals surface area (Å²) in [5.74, 6) is -0.619. The van der Waals surface area contributed by atoms with Crippen LogP contribution in [-0.4, -0.2) is 13.1 Å². The molecule has 0 radical (unpaired) electrons. The van der Waals surface area contributed by atoms with E-state index >= 15 is 0 Å². The zero-order chi connectivity index (χ0) is 15.2. The standard InChI is InChI=1S/C17H20F2N2/c1-3-20-12-13-8-9-17(16(19)10-13)21(4-2)15-7-5-6-14(18)11-15/h5-11,20H,3-4,12H2,1-2H3. The van der Waals surface area contributed by atoms with Gasteiger partial charge < -0.3 is 10.2 Å². The number of nitrogens with zero attached hydrogens (tertiary/aromatic N) is 1. The maximum absolute atomic E-state index is 14.3. The van der Waals surface area contributed by atoms with Crippen molar-refractivity contribution in [3.05, 3.63) is 59.7 Å². The van der Waals surface area contributed by atoms with Crippen molar-refractivity contribution >= 4 is 11.4 Å². The zero-order valence-electron chi connectivity index (χ0n) is 12.4. The van der Waals surface area contributed by atoms with E-state index in [-0.39, 0.29) is 11.6 Å². The fraction of sp³-hybridized carbons (Fsp3) is 0.294. The Morgan fingerprint density at radius 2 is 1.86 bits per heavy atom. The molecule has 2 aromatic rings. The largest absolute Gasteiger partial charge is 0.339 e. The lowest BCUT2D eigenvalue weighted by atomic mass is 10.1. The number of anilines is 2. The van der Waals surface area contributed by atoms with E-state index in [1.54, 1.807) is 23.1 Å². The van der Waals surface area contributed by atoms with Crippen molar-refractivity contribution in [1.29, 1.82) is 0 Å². The normalized spacial score (nSPS) is 10.7. The molecule has 0 aliphatic rings. The second-order valence-corrected chi connectivity index (χ2v) is 4.79. The van der Waals surface area contributed by atoms with Crippen LogP contribution >= 0.6 is 0 Å². The van der Waals surface area contributed by atoms with Gasteiger partial charge in [-0.3, -0.25) is 0 Å². The van der Waals surface area contributed by atoms with Crippen molar-refractivity contribution in [1.82, 2.24) is 5.32 Å². The van der Waals surface area contributed by atoms with E-state index in [0.717, 1.165) is 12.1 Å². The van der Waals surface area contributed by atoms with Crippen molar-refractivity contribution in [3.8, 4) is 0 Å². The minimum absolute atomic E-state index is 0.295. The van der Waals surface area contributed by atoms with Crippen LogP contribution in [-0.2, 0) is 6.54 Å². The Morgan fingerprint density at radius 3 is 2.48 bits per heavy atom. The Bertz CT molecular complexity index is 599. The molecule has 0 spiro atoms. The van der Waals surface area contributed by atoms with E-state index in [1.807, 2.05) is 19.9 Å². The van der Waals surface area contributed by atoms with Crippen molar-refractivity contribution in [2.45, 2.75) is 20.4 Å². The highest BCUT2D eigenvalue weighted by atomic mass is 19.1. The van der Waals surface area contributed by atoms with Gasteiger partial charge in [0.2, 0.25) is 0 Å². The first-order chi connectivity index (χ1) is 10.2. The summed E-state index contributed by atoms with van der Waals surface area (Å²) in [6, 6.07) is 11.4. The molecule has 0 amide bonds. The van der Waals surface area contributed by atoms with Gasteiger partial charge in [0.25, 0.3) is 0 Å². The molecule has 0 aliphatic heterocycles. The lowest BCUT2D eigenvalue weighted by molar-refractivity contribution is 0.617. The van der Waals surface area contributed by atoms with Gasteiger partial charge in [-0.1, -0.05) is 19.1 Å². The van der Waals surface area contributed by atoms with Crippen LogP contribution in [0.4, 0.5) is 20.2 Å². The fourth-order valence-electron chi connectivity index (χ4n) is 2.28. The second kappa shape index (κ2) is 7.18. The van der Waals surface area contributed by atoms with E-state index in [0.29, 0.717) is 24.5 Å². The van der Waals surface area contributed by atoms with Gasteiger partial charge in [-0.2, -0.15) is 0 Å². The van der Waals surface area contributed by atoms with Gasteiger partial charge in [0.05, 0.1) is 5.69 Å². The summed E-state index contributed by atoms with van der Waals surface area (Å²) in [6.45, 7) is 5.96. The molecule has 2 nitrogen and oxygen atoms in total. The first kappa shape index (κ1) is 15.4. The third kappa shape index (κ3) is 3.79. The molecular formula is C17H20F2N2. The van der Waals surface area contributed by atoms with Crippen LogP contribution in [0, 0.1) is 11.6 Å². The SMILES string of the molecule is CCNCc1ccc(N(CC)c2cccc(F)c2)c(F)c1. The van der Waals surface area contributed by atoms with Gasteiger partial charge in [0, 0.05) is 18.8 Å². The van der Waals surface area contributed by atoms with Crippen LogP contribution in [0.25, 0.3) is 0 Å². The molecule has 0 heterocycles. The van der Waals surface area contributed by atoms with E-state index in [1.165, 1.54) is 18.2 Å². The average Bonchev–Trinajstić information content (AvgIpc) is 2.48. The van der Waals surface area contributed by atoms with Gasteiger partial charge in [-0.15, -0.1) is 0 Å². The molecule has 1 N–H and O–H groups in total. The molecule has 0 bridgehead atoms. The molecule has 21 heavy (non-hydrogen) atoms. The molecule has 112 valence electrons. The molecule has 0 aliphatic carbocycles. The highest BCUT2D eigenvalue weighted by Gasteiger charge is 2.13. The Labute approximate surface area is 124 Å². The maximum Gasteiger partial charge on any atom is 0.147 e. The molecule has 4 heteroatoms. The molecule has 0 aromatic heterocycles.